The number of rotatable bonds is 2. The maximum absolute atomic E-state index is 12.6. The summed E-state index contributed by atoms with van der Waals surface area (Å²) in [6.07, 6.45) is -0.401. The van der Waals surface area contributed by atoms with Crippen LogP contribution >= 0.6 is 0 Å². The number of ether oxygens (including phenoxy) is 3. The van der Waals surface area contributed by atoms with E-state index < -0.39 is 41.5 Å². The van der Waals surface area contributed by atoms with Crippen LogP contribution in [-0.2, 0) is 28.6 Å². The molecule has 3 rings (SSSR count). The molecule has 3 aliphatic heterocycles. The van der Waals surface area contributed by atoms with Crippen molar-refractivity contribution in [1.29, 1.82) is 0 Å². The van der Waals surface area contributed by atoms with E-state index in [1.165, 1.54) is 13.0 Å². The van der Waals surface area contributed by atoms with Crippen LogP contribution in [0.5, 0.6) is 0 Å². The van der Waals surface area contributed by atoms with E-state index in [1.54, 1.807) is 13.8 Å². The SMILES string of the molecule is C=C(C)C(=O)O[C@H]1C[C@]2(C)O[C@@](O)(CC2=O)/C(C)=C/[C@@H]2OC(=O)C(=C)[C@@H]21. The molecule has 2 bridgehead atoms. The minimum absolute atomic E-state index is 0.0366. The number of carbonyl (C=O) groups is 3. The van der Waals surface area contributed by atoms with Crippen LogP contribution in [0.15, 0.2) is 36.0 Å². The molecule has 0 radical (unpaired) electrons. The maximum Gasteiger partial charge on any atom is 0.334 e. The molecule has 0 aliphatic carbocycles. The second-order valence-corrected chi connectivity index (χ2v) is 7.42. The van der Waals surface area contributed by atoms with E-state index in [4.69, 9.17) is 14.2 Å². The molecule has 0 saturated carbocycles. The van der Waals surface area contributed by atoms with Gasteiger partial charge in [0.05, 0.1) is 12.3 Å². The first-order valence-corrected chi connectivity index (χ1v) is 8.38. The monoisotopic (exact) mass is 362 g/mol. The normalized spacial score (nSPS) is 41.3. The lowest BCUT2D eigenvalue weighted by Gasteiger charge is -2.32. The summed E-state index contributed by atoms with van der Waals surface area (Å²) in [7, 11) is 0. The van der Waals surface area contributed by atoms with Crippen molar-refractivity contribution in [3.8, 4) is 0 Å². The average molecular weight is 362 g/mol. The standard InChI is InChI=1S/C19H22O7/c1-9(2)16(21)25-13-7-18(5)14(20)8-19(23,26-18)10(3)6-12-15(13)11(4)17(22)24-12/h6,12-13,15,23H,1,4,7-8H2,2-3,5H3/b10-6+/t12-,13-,15-,18-,19-/m0/s1. The van der Waals surface area contributed by atoms with Crippen molar-refractivity contribution in [2.45, 2.75) is 57.2 Å². The Morgan fingerprint density at radius 1 is 1.42 bits per heavy atom. The fraction of sp³-hybridized carbons (Fsp3) is 0.526. The van der Waals surface area contributed by atoms with E-state index in [0.717, 1.165) is 0 Å². The van der Waals surface area contributed by atoms with Gasteiger partial charge in [0, 0.05) is 17.6 Å². The van der Waals surface area contributed by atoms with Crippen molar-refractivity contribution in [2.24, 2.45) is 5.92 Å². The van der Waals surface area contributed by atoms with Gasteiger partial charge in [-0.1, -0.05) is 13.2 Å². The van der Waals surface area contributed by atoms with E-state index in [0.29, 0.717) is 5.57 Å². The van der Waals surface area contributed by atoms with Gasteiger partial charge in [-0.05, 0) is 32.4 Å². The Labute approximate surface area is 151 Å². The molecular weight excluding hydrogens is 340 g/mol. The molecule has 0 aromatic carbocycles. The quantitative estimate of drug-likeness (QED) is 0.450. The molecular formula is C19H22O7. The summed E-state index contributed by atoms with van der Waals surface area (Å²) >= 11 is 0. The van der Waals surface area contributed by atoms with Crippen molar-refractivity contribution in [1.82, 2.24) is 0 Å². The fourth-order valence-electron chi connectivity index (χ4n) is 3.67. The highest BCUT2D eigenvalue weighted by Gasteiger charge is 2.58. The van der Waals surface area contributed by atoms with Gasteiger partial charge in [-0.25, -0.2) is 9.59 Å². The smallest absolute Gasteiger partial charge is 0.334 e. The molecule has 7 heteroatoms. The first-order valence-electron chi connectivity index (χ1n) is 8.38. The third kappa shape index (κ3) is 2.81. The third-order valence-corrected chi connectivity index (χ3v) is 5.27. The van der Waals surface area contributed by atoms with Gasteiger partial charge in [0.15, 0.2) is 11.6 Å². The third-order valence-electron chi connectivity index (χ3n) is 5.27. The van der Waals surface area contributed by atoms with Crippen molar-refractivity contribution in [3.63, 3.8) is 0 Å². The topological polar surface area (TPSA) is 99.1 Å². The molecule has 0 unspecified atom stereocenters. The molecule has 5 atom stereocenters. The number of esters is 2. The van der Waals surface area contributed by atoms with Crippen LogP contribution in [0, 0.1) is 5.92 Å². The van der Waals surface area contributed by atoms with Crippen LogP contribution in [0.4, 0.5) is 0 Å². The van der Waals surface area contributed by atoms with Crippen molar-refractivity contribution < 1.29 is 33.7 Å². The summed E-state index contributed by atoms with van der Waals surface area (Å²) in [5.74, 6) is -4.02. The summed E-state index contributed by atoms with van der Waals surface area (Å²) in [5, 5.41) is 10.8. The second-order valence-electron chi connectivity index (χ2n) is 7.42. The molecule has 0 aromatic rings. The predicted molar refractivity (Wildman–Crippen MR) is 89.6 cm³/mol. The number of ketones is 1. The number of aliphatic hydroxyl groups is 1. The Kier molecular flexibility index (Phi) is 4.20. The number of hydrogen-bond acceptors (Lipinski definition) is 7. The number of Topliss-reactive ketones (excluding diaryl/α,β-unsaturated/α-hetero) is 1. The summed E-state index contributed by atoms with van der Waals surface area (Å²) in [6.45, 7) is 12.0. The minimum Gasteiger partial charge on any atom is -0.458 e. The van der Waals surface area contributed by atoms with Gasteiger partial charge in [-0.2, -0.15) is 0 Å². The molecule has 140 valence electrons. The summed E-state index contributed by atoms with van der Waals surface area (Å²) in [5.41, 5.74) is -0.673. The van der Waals surface area contributed by atoms with Crippen molar-refractivity contribution >= 4 is 17.7 Å². The Balaban J connectivity index is 2.09. The Morgan fingerprint density at radius 3 is 2.69 bits per heavy atom. The van der Waals surface area contributed by atoms with Gasteiger partial charge in [0.1, 0.15) is 17.8 Å². The molecule has 1 N–H and O–H groups in total. The van der Waals surface area contributed by atoms with Crippen LogP contribution in [0.25, 0.3) is 0 Å². The van der Waals surface area contributed by atoms with Crippen LogP contribution in [0.3, 0.4) is 0 Å². The Morgan fingerprint density at radius 2 is 2.08 bits per heavy atom. The molecule has 3 heterocycles. The van der Waals surface area contributed by atoms with E-state index >= 15 is 0 Å². The molecule has 0 amide bonds. The summed E-state index contributed by atoms with van der Waals surface area (Å²) in [4.78, 5) is 36.7. The predicted octanol–water partition coefficient (Wildman–Crippen LogP) is 1.36. The number of carbonyl (C=O) groups excluding carboxylic acids is 3. The van der Waals surface area contributed by atoms with E-state index in [1.807, 2.05) is 0 Å². The fourth-order valence-corrected chi connectivity index (χ4v) is 3.67. The lowest BCUT2D eigenvalue weighted by Crippen LogP contribution is -2.43. The second kappa shape index (κ2) is 5.89. The molecule has 26 heavy (non-hydrogen) atoms. The Hall–Kier alpha value is -2.25. The zero-order valence-corrected chi connectivity index (χ0v) is 15.0. The Bertz CT molecular complexity index is 764. The van der Waals surface area contributed by atoms with Crippen molar-refractivity contribution in [2.75, 3.05) is 0 Å². The minimum atomic E-state index is -1.78. The number of fused-ring (bicyclic) bond motifs is 3. The molecule has 3 aliphatic rings. The summed E-state index contributed by atoms with van der Waals surface area (Å²) < 4.78 is 16.6. The van der Waals surface area contributed by atoms with E-state index in [9.17, 15) is 19.5 Å². The highest BCUT2D eigenvalue weighted by molar-refractivity contribution is 5.93. The van der Waals surface area contributed by atoms with Crippen LogP contribution < -0.4 is 0 Å². The van der Waals surface area contributed by atoms with Gasteiger partial charge in [0.25, 0.3) is 0 Å². The van der Waals surface area contributed by atoms with Gasteiger partial charge < -0.3 is 19.3 Å². The first-order chi connectivity index (χ1) is 12.0. The largest absolute Gasteiger partial charge is 0.458 e. The first kappa shape index (κ1) is 18.5. The molecule has 2 saturated heterocycles. The summed E-state index contributed by atoms with van der Waals surface area (Å²) in [6, 6.07) is 0. The number of hydrogen-bond donors (Lipinski definition) is 1. The lowest BCUT2D eigenvalue weighted by molar-refractivity contribution is -0.202. The molecule has 7 nitrogen and oxygen atoms in total. The molecule has 2 fully saturated rings. The van der Waals surface area contributed by atoms with Gasteiger partial charge in [-0.15, -0.1) is 0 Å². The average Bonchev–Trinajstić information content (AvgIpc) is 2.93. The van der Waals surface area contributed by atoms with Crippen LogP contribution in [0.2, 0.25) is 0 Å². The zero-order chi connectivity index (χ0) is 19.4. The van der Waals surface area contributed by atoms with E-state index in [-0.39, 0.29) is 29.8 Å². The lowest BCUT2D eigenvalue weighted by atomic mass is 9.81. The van der Waals surface area contributed by atoms with Gasteiger partial charge in [-0.3, -0.25) is 4.79 Å². The van der Waals surface area contributed by atoms with Crippen LogP contribution in [-0.4, -0.2) is 46.4 Å². The molecule has 0 spiro atoms. The van der Waals surface area contributed by atoms with Gasteiger partial charge in [0.2, 0.25) is 0 Å². The van der Waals surface area contributed by atoms with Crippen LogP contribution in [0.1, 0.15) is 33.6 Å². The van der Waals surface area contributed by atoms with Gasteiger partial charge >= 0.3 is 11.9 Å². The highest BCUT2D eigenvalue weighted by Crippen LogP contribution is 2.46. The maximum atomic E-state index is 12.6. The highest BCUT2D eigenvalue weighted by atomic mass is 16.7. The van der Waals surface area contributed by atoms with Crippen molar-refractivity contribution in [3.05, 3.63) is 36.0 Å². The molecule has 0 aromatic heterocycles. The zero-order valence-electron chi connectivity index (χ0n) is 15.0. The van der Waals surface area contributed by atoms with E-state index in [2.05, 4.69) is 13.2 Å².